The second kappa shape index (κ2) is 16.3. The van der Waals surface area contributed by atoms with Crippen molar-refractivity contribution in [1.82, 2.24) is 14.9 Å². The van der Waals surface area contributed by atoms with Crippen molar-refractivity contribution in [3.63, 3.8) is 0 Å². The Morgan fingerprint density at radius 2 is 1.92 bits per heavy atom. The minimum Gasteiger partial charge on any atom is -0.496 e. The van der Waals surface area contributed by atoms with Crippen LogP contribution >= 0.6 is 11.3 Å². The van der Waals surface area contributed by atoms with Gasteiger partial charge in [-0.05, 0) is 63.5 Å². The Kier molecular flexibility index (Phi) is 12.2. The van der Waals surface area contributed by atoms with E-state index in [0.29, 0.717) is 30.2 Å². The Balaban J connectivity index is 1.24. The van der Waals surface area contributed by atoms with E-state index in [1.807, 2.05) is 44.4 Å². The number of thiazole rings is 1. The van der Waals surface area contributed by atoms with Crippen LogP contribution in [0.2, 0.25) is 0 Å². The molecule has 1 aliphatic heterocycles. The van der Waals surface area contributed by atoms with Gasteiger partial charge in [0.1, 0.15) is 34.3 Å². The highest BCUT2D eigenvalue weighted by Gasteiger charge is 2.47. The Morgan fingerprint density at radius 3 is 2.60 bits per heavy atom. The van der Waals surface area contributed by atoms with Crippen molar-refractivity contribution in [2.45, 2.75) is 97.2 Å². The van der Waals surface area contributed by atoms with Gasteiger partial charge in [0, 0.05) is 28.3 Å². The first kappa shape index (κ1) is 37.2. The van der Waals surface area contributed by atoms with Crippen molar-refractivity contribution in [2.75, 3.05) is 20.3 Å². The van der Waals surface area contributed by atoms with Crippen LogP contribution in [0.15, 0.2) is 35.7 Å². The number of carbonyl (C=O) groups is 3. The third-order valence-corrected chi connectivity index (χ3v) is 10.7. The van der Waals surface area contributed by atoms with Crippen LogP contribution in [-0.2, 0) is 19.1 Å². The summed E-state index contributed by atoms with van der Waals surface area (Å²) < 4.78 is 17.4. The third kappa shape index (κ3) is 8.29. The fraction of sp³-hybridized carbons (Fsp3) is 0.553. The van der Waals surface area contributed by atoms with E-state index in [0.717, 1.165) is 59.3 Å². The van der Waals surface area contributed by atoms with Gasteiger partial charge in [0.05, 0.1) is 43.4 Å². The standard InChI is InChI=1S/C38H51N5O6S/c1-7-48-38(46)26-17-24(26)13-11-9-8-10-12-14-27(39)37(45)43-19-32(23(5)34(43)35(40)44)49-31-18-28(36-42-29(20-50-36)21(2)3)41-33-22(4)30(47-6)16-15-25(31)33/h11,13,15-16,18,20-21,23-24,26-27,32,34H,7-10,12,14,17,19,39H2,1-6H3,(H2,40,44)/b13-11-/t23-,24-,26+,27+,32+,34+/m1/s1. The second-order valence-corrected chi connectivity index (χ2v) is 14.7. The van der Waals surface area contributed by atoms with E-state index in [2.05, 4.69) is 26.0 Å². The predicted molar refractivity (Wildman–Crippen MR) is 195 cm³/mol. The Hall–Kier alpha value is -4.03. The van der Waals surface area contributed by atoms with Gasteiger partial charge in [-0.2, -0.15) is 0 Å². The molecular formula is C38H51N5O6S. The number of nitrogens with two attached hydrogens (primary N) is 2. The highest BCUT2D eigenvalue weighted by molar-refractivity contribution is 7.13. The molecule has 1 saturated heterocycles. The average Bonchev–Trinajstić information content (AvgIpc) is 3.54. The number of unbranched alkanes of at least 4 members (excludes halogenated alkanes) is 3. The zero-order valence-electron chi connectivity index (χ0n) is 30.0. The molecule has 0 bridgehead atoms. The number of hydrogen-bond acceptors (Lipinski definition) is 10. The smallest absolute Gasteiger partial charge is 0.309 e. The van der Waals surface area contributed by atoms with E-state index in [9.17, 15) is 14.4 Å². The van der Waals surface area contributed by atoms with E-state index < -0.39 is 24.1 Å². The summed E-state index contributed by atoms with van der Waals surface area (Å²) in [5.41, 5.74) is 15.6. The second-order valence-electron chi connectivity index (χ2n) is 13.8. The topological polar surface area (TPSA) is 160 Å². The van der Waals surface area contributed by atoms with Crippen LogP contribution in [-0.4, -0.2) is 71.1 Å². The zero-order valence-corrected chi connectivity index (χ0v) is 30.8. The first-order valence-corrected chi connectivity index (χ1v) is 18.6. The van der Waals surface area contributed by atoms with Crippen molar-refractivity contribution >= 4 is 40.0 Å². The number of aryl methyl sites for hydroxylation is 1. The molecule has 3 aromatic rings. The summed E-state index contributed by atoms with van der Waals surface area (Å²) in [5.74, 6) is 0.519. The number of pyridine rings is 1. The minimum absolute atomic E-state index is 0.00851. The van der Waals surface area contributed by atoms with E-state index >= 15 is 0 Å². The molecule has 2 aromatic heterocycles. The fourth-order valence-corrected chi connectivity index (χ4v) is 7.68. The molecule has 3 heterocycles. The van der Waals surface area contributed by atoms with Crippen LogP contribution in [0.25, 0.3) is 21.6 Å². The van der Waals surface area contributed by atoms with Crippen molar-refractivity contribution in [2.24, 2.45) is 29.2 Å². The molecule has 50 heavy (non-hydrogen) atoms. The number of likely N-dealkylation sites (tertiary alicyclic amines) is 1. The van der Waals surface area contributed by atoms with Gasteiger partial charge in [-0.1, -0.05) is 45.8 Å². The number of hydrogen-bond donors (Lipinski definition) is 2. The van der Waals surface area contributed by atoms with Crippen molar-refractivity contribution in [1.29, 1.82) is 0 Å². The normalized spacial score (nSPS) is 22.3. The Labute approximate surface area is 298 Å². The lowest BCUT2D eigenvalue weighted by atomic mass is 9.99. The van der Waals surface area contributed by atoms with Crippen molar-refractivity contribution in [3.8, 4) is 22.2 Å². The van der Waals surface area contributed by atoms with Crippen LogP contribution in [0.1, 0.15) is 83.4 Å². The van der Waals surface area contributed by atoms with Crippen molar-refractivity contribution in [3.05, 3.63) is 47.0 Å². The highest BCUT2D eigenvalue weighted by Crippen LogP contribution is 2.41. The predicted octanol–water partition coefficient (Wildman–Crippen LogP) is 5.91. The maximum absolute atomic E-state index is 13.7. The van der Waals surface area contributed by atoms with Crippen LogP contribution in [0.3, 0.4) is 0 Å². The number of rotatable bonds is 16. The Bertz CT molecular complexity index is 1720. The quantitative estimate of drug-likeness (QED) is 0.105. The van der Waals surface area contributed by atoms with Gasteiger partial charge in [0.25, 0.3) is 0 Å². The maximum atomic E-state index is 13.7. The van der Waals surface area contributed by atoms with Gasteiger partial charge < -0.3 is 30.6 Å². The lowest BCUT2D eigenvalue weighted by Crippen LogP contribution is -2.51. The van der Waals surface area contributed by atoms with Crippen LogP contribution < -0.4 is 20.9 Å². The number of carbonyl (C=O) groups excluding carboxylic acids is 3. The summed E-state index contributed by atoms with van der Waals surface area (Å²) in [6, 6.07) is 4.10. The number of nitrogens with zero attached hydrogens (tertiary/aromatic N) is 3. The molecule has 11 nitrogen and oxygen atoms in total. The van der Waals surface area contributed by atoms with Gasteiger partial charge in [0.2, 0.25) is 11.8 Å². The largest absolute Gasteiger partial charge is 0.496 e. The fourth-order valence-electron chi connectivity index (χ4n) is 6.74. The summed E-state index contributed by atoms with van der Waals surface area (Å²) >= 11 is 1.53. The molecule has 0 spiro atoms. The molecule has 5 rings (SSSR count). The maximum Gasteiger partial charge on any atom is 0.309 e. The summed E-state index contributed by atoms with van der Waals surface area (Å²) in [6.45, 7) is 10.5. The van der Waals surface area contributed by atoms with Gasteiger partial charge >= 0.3 is 5.97 Å². The lowest BCUT2D eigenvalue weighted by Gasteiger charge is -2.26. The molecule has 6 atom stereocenters. The lowest BCUT2D eigenvalue weighted by molar-refractivity contribution is -0.144. The molecule has 4 N–H and O–H groups in total. The first-order valence-electron chi connectivity index (χ1n) is 17.7. The van der Waals surface area contributed by atoms with Crippen LogP contribution in [0.5, 0.6) is 11.5 Å². The molecule has 0 radical (unpaired) electrons. The Morgan fingerprint density at radius 1 is 1.14 bits per heavy atom. The van der Waals surface area contributed by atoms with Gasteiger partial charge in [-0.3, -0.25) is 14.4 Å². The average molecular weight is 706 g/mol. The summed E-state index contributed by atoms with van der Waals surface area (Å²) in [4.78, 5) is 49.5. The number of esters is 1. The van der Waals surface area contributed by atoms with E-state index in [4.69, 9.17) is 35.6 Å². The number of aromatic nitrogens is 2. The molecule has 12 heteroatoms. The van der Waals surface area contributed by atoms with Gasteiger partial charge in [-0.15, -0.1) is 11.3 Å². The number of benzene rings is 1. The van der Waals surface area contributed by atoms with Crippen LogP contribution in [0.4, 0.5) is 0 Å². The highest BCUT2D eigenvalue weighted by atomic mass is 32.1. The summed E-state index contributed by atoms with van der Waals surface area (Å²) in [7, 11) is 1.63. The van der Waals surface area contributed by atoms with Crippen LogP contribution in [0, 0.1) is 24.7 Å². The molecule has 1 aliphatic carbocycles. The first-order chi connectivity index (χ1) is 23.9. The monoisotopic (exact) mass is 705 g/mol. The molecule has 2 fully saturated rings. The molecule has 0 unspecified atom stereocenters. The van der Waals surface area contributed by atoms with Gasteiger partial charge in [0.15, 0.2) is 0 Å². The van der Waals surface area contributed by atoms with E-state index in [1.54, 1.807) is 7.11 Å². The number of methoxy groups -OCH3 is 1. The molecule has 2 aliphatic rings. The molecular weight excluding hydrogens is 655 g/mol. The number of primary amides is 1. The SMILES string of the molecule is CCOC(=O)[C@H]1C[C@H]1/C=C\CCCCC[C@H](N)C(=O)N1C[C@H](Oc2cc(-c3nc(C(C)C)cs3)nc3c(C)c(OC)ccc23)[C@@H](C)[C@H]1C(N)=O. The van der Waals surface area contributed by atoms with Gasteiger partial charge in [-0.25, -0.2) is 9.97 Å². The number of amides is 2. The summed E-state index contributed by atoms with van der Waals surface area (Å²) in [5, 5.41) is 3.62. The third-order valence-electron chi connectivity index (χ3n) is 9.86. The number of ether oxygens (including phenoxy) is 3. The molecule has 2 amide bonds. The zero-order chi connectivity index (χ0) is 36.1. The molecule has 270 valence electrons. The minimum atomic E-state index is -0.841. The van der Waals surface area contributed by atoms with E-state index in [1.165, 1.54) is 16.2 Å². The van der Waals surface area contributed by atoms with Crippen molar-refractivity contribution < 1.29 is 28.6 Å². The molecule has 1 saturated carbocycles. The number of fused-ring (bicyclic) bond motifs is 1. The van der Waals surface area contributed by atoms with E-state index in [-0.39, 0.29) is 42.1 Å². The molecule has 1 aromatic carbocycles. The number of allylic oxidation sites excluding steroid dienone is 2. The summed E-state index contributed by atoms with van der Waals surface area (Å²) in [6.07, 6.45) is 8.66.